The van der Waals surface area contributed by atoms with Crippen LogP contribution in [-0.2, 0) is 21.6 Å². The van der Waals surface area contributed by atoms with Crippen molar-refractivity contribution in [3.8, 4) is 16.9 Å². The van der Waals surface area contributed by atoms with Crippen LogP contribution in [0.1, 0.15) is 17.5 Å². The molecule has 1 fully saturated rings. The molecular formula is C27H25FN4O4. The number of piperidine rings is 1. The third-order valence-electron chi connectivity index (χ3n) is 7.17. The van der Waals surface area contributed by atoms with Crippen LogP contribution in [0.3, 0.4) is 0 Å². The number of aromatic nitrogens is 1. The van der Waals surface area contributed by atoms with E-state index in [0.717, 1.165) is 11.1 Å². The van der Waals surface area contributed by atoms with Crippen molar-refractivity contribution in [3.05, 3.63) is 83.9 Å². The van der Waals surface area contributed by atoms with Gasteiger partial charge in [-0.3, -0.25) is 0 Å². The number of amides is 1. The number of aliphatic imine (C=N–C) groups is 1. The molecule has 3 aromatic rings. The highest BCUT2D eigenvalue weighted by Crippen LogP contribution is 2.51. The van der Waals surface area contributed by atoms with Gasteiger partial charge in [0.2, 0.25) is 5.95 Å². The van der Waals surface area contributed by atoms with Crippen LogP contribution in [0.5, 0.6) is 5.75 Å². The molecule has 4 heterocycles. The van der Waals surface area contributed by atoms with E-state index in [4.69, 9.17) is 24.9 Å². The number of fused-ring (bicyclic) bond motifs is 4. The number of ether oxygens (including phenoxy) is 3. The van der Waals surface area contributed by atoms with Crippen molar-refractivity contribution in [2.24, 2.45) is 16.6 Å². The third kappa shape index (κ3) is 3.80. The van der Waals surface area contributed by atoms with Gasteiger partial charge in [-0.25, -0.2) is 14.8 Å². The van der Waals surface area contributed by atoms with Gasteiger partial charge in [0.15, 0.2) is 0 Å². The Balaban J connectivity index is 1.31. The van der Waals surface area contributed by atoms with Crippen molar-refractivity contribution in [2.45, 2.75) is 24.7 Å². The van der Waals surface area contributed by atoms with E-state index in [1.807, 2.05) is 48.5 Å². The Kier molecular flexibility index (Phi) is 5.47. The first-order chi connectivity index (χ1) is 17.5. The number of carbonyl (C=O) groups excluding carboxylic acids is 1. The Morgan fingerprint density at radius 1 is 1.19 bits per heavy atom. The molecule has 0 saturated carbocycles. The number of hydrogen-bond acceptors (Lipinski definition) is 7. The van der Waals surface area contributed by atoms with Crippen molar-refractivity contribution in [2.75, 3.05) is 19.7 Å². The lowest BCUT2D eigenvalue weighted by atomic mass is 9.71. The fraction of sp³-hybridized carbons (Fsp3) is 0.296. The summed E-state index contributed by atoms with van der Waals surface area (Å²) in [5.41, 5.74) is 7.85. The molecule has 1 spiro atoms. The first-order valence-corrected chi connectivity index (χ1v) is 11.9. The van der Waals surface area contributed by atoms with Gasteiger partial charge in [-0.15, -0.1) is 0 Å². The van der Waals surface area contributed by atoms with Crippen LogP contribution >= 0.6 is 0 Å². The Hall–Kier alpha value is -4.14. The summed E-state index contributed by atoms with van der Waals surface area (Å²) in [5, 5.41) is 0. The van der Waals surface area contributed by atoms with Gasteiger partial charge in [0.1, 0.15) is 30.6 Å². The number of amidine groups is 1. The SMILES string of the molecule is NC1=NC2(CO1)c1cc(-c3cccnc3F)ccc1OC1CCN(C(=O)OCc3ccccc3)C[C@@H]12. The average molecular weight is 489 g/mol. The summed E-state index contributed by atoms with van der Waals surface area (Å²) in [6, 6.07) is 18.5. The minimum absolute atomic E-state index is 0.0864. The zero-order chi connectivity index (χ0) is 24.7. The van der Waals surface area contributed by atoms with Crippen LogP contribution in [0, 0.1) is 11.9 Å². The van der Waals surface area contributed by atoms with Gasteiger partial charge in [0, 0.05) is 42.8 Å². The van der Waals surface area contributed by atoms with Crippen molar-refractivity contribution in [1.29, 1.82) is 0 Å². The molecule has 1 aromatic heterocycles. The zero-order valence-corrected chi connectivity index (χ0v) is 19.5. The van der Waals surface area contributed by atoms with E-state index < -0.39 is 11.5 Å². The van der Waals surface area contributed by atoms with Crippen LogP contribution in [0.4, 0.5) is 9.18 Å². The second kappa shape index (κ2) is 8.82. The summed E-state index contributed by atoms with van der Waals surface area (Å²) in [4.78, 5) is 23.2. The van der Waals surface area contributed by atoms with E-state index in [1.165, 1.54) is 6.20 Å². The van der Waals surface area contributed by atoms with Crippen molar-refractivity contribution in [1.82, 2.24) is 9.88 Å². The van der Waals surface area contributed by atoms with E-state index in [9.17, 15) is 9.18 Å². The molecular weight excluding hydrogens is 463 g/mol. The molecule has 3 atom stereocenters. The number of likely N-dealkylation sites (tertiary alicyclic amines) is 1. The number of pyridine rings is 1. The topological polar surface area (TPSA) is 99.3 Å². The van der Waals surface area contributed by atoms with Crippen LogP contribution < -0.4 is 10.5 Å². The Morgan fingerprint density at radius 3 is 2.83 bits per heavy atom. The molecule has 8 nitrogen and oxygen atoms in total. The largest absolute Gasteiger partial charge is 0.490 e. The van der Waals surface area contributed by atoms with E-state index in [2.05, 4.69) is 4.98 Å². The summed E-state index contributed by atoms with van der Waals surface area (Å²) in [6.07, 6.45) is 1.45. The maximum Gasteiger partial charge on any atom is 0.410 e. The number of halogens is 1. The lowest BCUT2D eigenvalue weighted by molar-refractivity contribution is -0.0234. The summed E-state index contributed by atoms with van der Waals surface area (Å²) in [6.45, 7) is 1.27. The van der Waals surface area contributed by atoms with Crippen LogP contribution in [0.15, 0.2) is 71.9 Å². The summed E-state index contributed by atoms with van der Waals surface area (Å²) in [7, 11) is 0. The molecule has 1 saturated heterocycles. The normalized spacial score (nSPS) is 24.2. The van der Waals surface area contributed by atoms with Gasteiger partial charge in [-0.2, -0.15) is 4.39 Å². The van der Waals surface area contributed by atoms with Gasteiger partial charge in [-0.1, -0.05) is 36.4 Å². The minimum atomic E-state index is -0.866. The quantitative estimate of drug-likeness (QED) is 0.563. The first kappa shape index (κ1) is 22.3. The fourth-order valence-electron chi connectivity index (χ4n) is 5.38. The molecule has 36 heavy (non-hydrogen) atoms. The van der Waals surface area contributed by atoms with Crippen LogP contribution in [0.2, 0.25) is 0 Å². The van der Waals surface area contributed by atoms with E-state index in [0.29, 0.717) is 36.4 Å². The van der Waals surface area contributed by atoms with E-state index in [1.54, 1.807) is 17.0 Å². The number of nitrogens with two attached hydrogens (primary N) is 1. The molecule has 2 N–H and O–H groups in total. The number of benzene rings is 2. The third-order valence-corrected chi connectivity index (χ3v) is 7.17. The molecule has 2 aromatic carbocycles. The highest BCUT2D eigenvalue weighted by molar-refractivity contribution is 5.76. The molecule has 0 aliphatic carbocycles. The molecule has 0 bridgehead atoms. The number of rotatable bonds is 3. The number of hydrogen-bond donors (Lipinski definition) is 1. The predicted molar refractivity (Wildman–Crippen MR) is 130 cm³/mol. The minimum Gasteiger partial charge on any atom is -0.490 e. The predicted octanol–water partition coefficient (Wildman–Crippen LogP) is 3.85. The highest BCUT2D eigenvalue weighted by Gasteiger charge is 2.56. The number of carbonyl (C=O) groups is 1. The van der Waals surface area contributed by atoms with E-state index >= 15 is 0 Å². The van der Waals surface area contributed by atoms with Crippen molar-refractivity contribution >= 4 is 12.1 Å². The van der Waals surface area contributed by atoms with Gasteiger partial charge < -0.3 is 24.8 Å². The molecule has 0 radical (unpaired) electrons. The summed E-state index contributed by atoms with van der Waals surface area (Å²) >= 11 is 0. The van der Waals surface area contributed by atoms with Crippen LogP contribution in [-0.4, -0.2) is 47.8 Å². The van der Waals surface area contributed by atoms with Gasteiger partial charge in [-0.05, 0) is 35.4 Å². The maximum atomic E-state index is 14.5. The lowest BCUT2D eigenvalue weighted by Crippen LogP contribution is -2.58. The van der Waals surface area contributed by atoms with E-state index in [-0.39, 0.29) is 37.4 Å². The Labute approximate surface area is 207 Å². The summed E-state index contributed by atoms with van der Waals surface area (Å²) in [5.74, 6) is -0.124. The van der Waals surface area contributed by atoms with Crippen LogP contribution in [0.25, 0.3) is 11.1 Å². The summed E-state index contributed by atoms with van der Waals surface area (Å²) < 4.78 is 32.1. The smallest absolute Gasteiger partial charge is 0.410 e. The average Bonchev–Trinajstić information content (AvgIpc) is 3.30. The van der Waals surface area contributed by atoms with Crippen molar-refractivity contribution < 1.29 is 23.4 Å². The Morgan fingerprint density at radius 2 is 2.06 bits per heavy atom. The fourth-order valence-corrected chi connectivity index (χ4v) is 5.38. The van der Waals surface area contributed by atoms with Crippen molar-refractivity contribution in [3.63, 3.8) is 0 Å². The molecule has 9 heteroatoms. The van der Waals surface area contributed by atoms with Gasteiger partial charge in [0.05, 0.1) is 0 Å². The molecule has 6 rings (SSSR count). The lowest BCUT2D eigenvalue weighted by Gasteiger charge is -2.48. The molecule has 3 aliphatic rings. The highest BCUT2D eigenvalue weighted by atomic mass is 19.1. The molecule has 184 valence electrons. The Bertz CT molecular complexity index is 1330. The maximum absolute atomic E-state index is 14.5. The number of nitrogens with zero attached hydrogens (tertiary/aromatic N) is 3. The van der Waals surface area contributed by atoms with Gasteiger partial charge >= 0.3 is 6.09 Å². The standard InChI is InChI=1S/C27H25FN4O4/c28-24-19(7-4-11-30-24)18-8-9-22-20(13-18)27(16-35-25(29)31-27)21-14-32(12-10-23(21)36-22)26(33)34-15-17-5-2-1-3-6-17/h1-9,11,13,21,23H,10,12,14-16H2,(H2,29,31)/t21-,23?,27?/m0/s1. The second-order valence-corrected chi connectivity index (χ2v) is 9.25. The zero-order valence-electron chi connectivity index (χ0n) is 19.5. The first-order valence-electron chi connectivity index (χ1n) is 11.9. The van der Waals surface area contributed by atoms with Gasteiger partial charge in [0.25, 0.3) is 6.02 Å². The molecule has 3 aliphatic heterocycles. The monoisotopic (exact) mass is 488 g/mol. The second-order valence-electron chi connectivity index (χ2n) is 9.25. The molecule has 2 unspecified atom stereocenters. The molecule has 1 amide bonds.